The summed E-state index contributed by atoms with van der Waals surface area (Å²) in [6.07, 6.45) is 0. The van der Waals surface area contributed by atoms with Crippen LogP contribution in [0.15, 0.2) is 12.1 Å². The Labute approximate surface area is 118 Å². The number of morpholine rings is 1. The van der Waals surface area contributed by atoms with Gasteiger partial charge in [-0.05, 0) is 39.8 Å². The second-order valence-electron chi connectivity index (χ2n) is 6.09. The number of nitriles is 1. The number of aromatic nitrogens is 1. The molecule has 1 aromatic rings. The van der Waals surface area contributed by atoms with Crippen LogP contribution >= 0.6 is 11.6 Å². The summed E-state index contributed by atoms with van der Waals surface area (Å²) in [7, 11) is 0. The van der Waals surface area contributed by atoms with Crippen molar-refractivity contribution < 1.29 is 4.74 Å². The molecular weight excluding hydrogens is 262 g/mol. The van der Waals surface area contributed by atoms with Crippen molar-refractivity contribution >= 4 is 17.4 Å². The molecule has 1 aliphatic heterocycles. The zero-order valence-electron chi connectivity index (χ0n) is 11.7. The summed E-state index contributed by atoms with van der Waals surface area (Å²) in [5, 5.41) is 9.39. The molecule has 0 aliphatic carbocycles. The Morgan fingerprint density at radius 1 is 1.26 bits per heavy atom. The SMILES string of the molecule is CC1(C)CN(c2ccc(Cl)c(C#N)n2)CC(C)(C)O1. The van der Waals surface area contributed by atoms with Crippen molar-refractivity contribution in [2.75, 3.05) is 18.0 Å². The van der Waals surface area contributed by atoms with Crippen LogP contribution in [-0.4, -0.2) is 29.3 Å². The first-order chi connectivity index (χ1) is 8.72. The molecule has 2 rings (SSSR count). The third-order valence-electron chi connectivity index (χ3n) is 2.96. The quantitative estimate of drug-likeness (QED) is 0.793. The third kappa shape index (κ3) is 3.17. The highest BCUT2D eigenvalue weighted by atomic mass is 35.5. The van der Waals surface area contributed by atoms with Crippen LogP contribution in [0, 0.1) is 11.3 Å². The Bertz CT molecular complexity index is 518. The second-order valence-corrected chi connectivity index (χ2v) is 6.50. The first-order valence-corrected chi connectivity index (χ1v) is 6.62. The number of anilines is 1. The molecule has 2 heterocycles. The molecule has 1 saturated heterocycles. The predicted octanol–water partition coefficient (Wildman–Crippen LogP) is 3.00. The molecule has 1 fully saturated rings. The van der Waals surface area contributed by atoms with Crippen LogP contribution in [0.4, 0.5) is 5.82 Å². The minimum atomic E-state index is -0.254. The second kappa shape index (κ2) is 4.66. The van der Waals surface area contributed by atoms with E-state index in [4.69, 9.17) is 21.6 Å². The summed E-state index contributed by atoms with van der Waals surface area (Å²) in [6.45, 7) is 9.69. The molecule has 102 valence electrons. The standard InChI is InChI=1S/C14H18ClN3O/c1-13(2)8-18(9-14(3,4)19-13)12-6-5-10(15)11(7-16)17-12/h5-6H,8-9H2,1-4H3. The van der Waals surface area contributed by atoms with Crippen molar-refractivity contribution in [3.8, 4) is 6.07 Å². The van der Waals surface area contributed by atoms with Crippen LogP contribution in [0.5, 0.6) is 0 Å². The zero-order valence-corrected chi connectivity index (χ0v) is 12.5. The van der Waals surface area contributed by atoms with Gasteiger partial charge in [-0.15, -0.1) is 0 Å². The Kier molecular flexibility index (Phi) is 3.46. The summed E-state index contributed by atoms with van der Waals surface area (Å²) < 4.78 is 6.03. The fourth-order valence-electron chi connectivity index (χ4n) is 2.64. The summed E-state index contributed by atoms with van der Waals surface area (Å²) in [4.78, 5) is 6.46. The van der Waals surface area contributed by atoms with Crippen LogP contribution in [0.1, 0.15) is 33.4 Å². The number of ether oxygens (including phenoxy) is 1. The van der Waals surface area contributed by atoms with E-state index in [2.05, 4.69) is 37.6 Å². The highest BCUT2D eigenvalue weighted by Gasteiger charge is 2.38. The summed E-state index contributed by atoms with van der Waals surface area (Å²) >= 11 is 5.92. The highest BCUT2D eigenvalue weighted by molar-refractivity contribution is 6.31. The van der Waals surface area contributed by atoms with Gasteiger partial charge in [0.25, 0.3) is 0 Å². The van der Waals surface area contributed by atoms with Crippen LogP contribution in [0.25, 0.3) is 0 Å². The maximum atomic E-state index is 9.01. The summed E-state index contributed by atoms with van der Waals surface area (Å²) in [5.74, 6) is 0.769. The fourth-order valence-corrected chi connectivity index (χ4v) is 2.78. The van der Waals surface area contributed by atoms with Gasteiger partial charge in [-0.1, -0.05) is 11.6 Å². The number of hydrogen-bond donors (Lipinski definition) is 0. The fraction of sp³-hybridized carbons (Fsp3) is 0.571. The van der Waals surface area contributed by atoms with E-state index in [0.717, 1.165) is 18.9 Å². The lowest BCUT2D eigenvalue weighted by atomic mass is 9.99. The van der Waals surface area contributed by atoms with Crippen LogP contribution < -0.4 is 4.90 Å². The van der Waals surface area contributed by atoms with Crippen molar-refractivity contribution in [2.45, 2.75) is 38.9 Å². The molecule has 19 heavy (non-hydrogen) atoms. The van der Waals surface area contributed by atoms with Crippen molar-refractivity contribution in [1.82, 2.24) is 4.98 Å². The van der Waals surface area contributed by atoms with E-state index >= 15 is 0 Å². The Morgan fingerprint density at radius 3 is 2.37 bits per heavy atom. The van der Waals surface area contributed by atoms with E-state index in [1.807, 2.05) is 12.1 Å². The average molecular weight is 280 g/mol. The number of rotatable bonds is 1. The van der Waals surface area contributed by atoms with Gasteiger partial charge in [-0.3, -0.25) is 0 Å². The highest BCUT2D eigenvalue weighted by Crippen LogP contribution is 2.31. The number of pyridine rings is 1. The number of nitrogens with zero attached hydrogens (tertiary/aromatic N) is 3. The first-order valence-electron chi connectivity index (χ1n) is 6.24. The maximum Gasteiger partial charge on any atom is 0.161 e. The van der Waals surface area contributed by atoms with Gasteiger partial charge in [0.2, 0.25) is 0 Å². The lowest BCUT2D eigenvalue weighted by Gasteiger charge is -2.47. The molecule has 1 aliphatic rings. The zero-order chi connectivity index (χ0) is 14.3. The van der Waals surface area contributed by atoms with Crippen molar-refractivity contribution in [1.29, 1.82) is 5.26 Å². The van der Waals surface area contributed by atoms with Gasteiger partial charge in [0.1, 0.15) is 11.9 Å². The molecule has 0 N–H and O–H groups in total. The molecule has 0 unspecified atom stereocenters. The maximum absolute atomic E-state index is 9.01. The van der Waals surface area contributed by atoms with Gasteiger partial charge in [-0.25, -0.2) is 4.98 Å². The molecule has 0 radical (unpaired) electrons. The molecule has 0 saturated carbocycles. The molecule has 5 heteroatoms. The molecule has 0 spiro atoms. The topological polar surface area (TPSA) is 49.2 Å². The van der Waals surface area contributed by atoms with Gasteiger partial charge in [-0.2, -0.15) is 5.26 Å². The average Bonchev–Trinajstić information content (AvgIpc) is 2.25. The Hall–Kier alpha value is -1.31. The van der Waals surface area contributed by atoms with Gasteiger partial charge in [0, 0.05) is 13.1 Å². The van der Waals surface area contributed by atoms with E-state index in [1.165, 1.54) is 0 Å². The van der Waals surface area contributed by atoms with Crippen molar-refractivity contribution in [3.63, 3.8) is 0 Å². The minimum absolute atomic E-state index is 0.254. The van der Waals surface area contributed by atoms with Crippen LogP contribution in [0.2, 0.25) is 5.02 Å². The van der Waals surface area contributed by atoms with Gasteiger partial charge in [0.15, 0.2) is 5.69 Å². The van der Waals surface area contributed by atoms with E-state index < -0.39 is 0 Å². The monoisotopic (exact) mass is 279 g/mol. The van der Waals surface area contributed by atoms with Gasteiger partial charge in [0.05, 0.1) is 16.2 Å². The summed E-state index contributed by atoms with van der Waals surface area (Å²) in [6, 6.07) is 5.58. The predicted molar refractivity (Wildman–Crippen MR) is 75.4 cm³/mol. The molecule has 0 amide bonds. The van der Waals surface area contributed by atoms with E-state index in [0.29, 0.717) is 5.02 Å². The van der Waals surface area contributed by atoms with Gasteiger partial charge < -0.3 is 9.64 Å². The summed E-state index contributed by atoms with van der Waals surface area (Å²) in [5.41, 5.74) is -0.243. The molecule has 0 atom stereocenters. The van der Waals surface area contributed by atoms with Crippen molar-refractivity contribution in [3.05, 3.63) is 22.8 Å². The number of halogens is 1. The lowest BCUT2D eigenvalue weighted by Crippen LogP contribution is -2.57. The minimum Gasteiger partial charge on any atom is -0.366 e. The van der Waals surface area contributed by atoms with E-state index in [9.17, 15) is 0 Å². The largest absolute Gasteiger partial charge is 0.366 e. The van der Waals surface area contributed by atoms with Gasteiger partial charge >= 0.3 is 0 Å². The molecular formula is C14H18ClN3O. The van der Waals surface area contributed by atoms with Crippen LogP contribution in [-0.2, 0) is 4.74 Å². The third-order valence-corrected chi connectivity index (χ3v) is 3.26. The van der Waals surface area contributed by atoms with E-state index in [-0.39, 0.29) is 16.9 Å². The smallest absolute Gasteiger partial charge is 0.161 e. The van der Waals surface area contributed by atoms with Crippen LogP contribution in [0.3, 0.4) is 0 Å². The normalized spacial score (nSPS) is 20.9. The number of hydrogen-bond acceptors (Lipinski definition) is 4. The molecule has 1 aromatic heterocycles. The Balaban J connectivity index is 2.34. The molecule has 0 bridgehead atoms. The lowest BCUT2D eigenvalue weighted by molar-refractivity contribution is -0.133. The first kappa shape index (κ1) is 14.1. The Morgan fingerprint density at radius 2 is 1.84 bits per heavy atom. The molecule has 4 nitrogen and oxygen atoms in total. The van der Waals surface area contributed by atoms with Crippen molar-refractivity contribution in [2.24, 2.45) is 0 Å². The van der Waals surface area contributed by atoms with E-state index in [1.54, 1.807) is 6.07 Å². The molecule has 0 aromatic carbocycles.